The highest BCUT2D eigenvalue weighted by Gasteiger charge is 2.42. The Hall–Kier alpha value is -2.83. The number of ether oxygens (including phenoxy) is 1. The molecule has 1 amide bonds. The Kier molecular flexibility index (Phi) is 4.59. The predicted octanol–water partition coefficient (Wildman–Crippen LogP) is 3.63. The first-order valence-electron chi connectivity index (χ1n) is 8.53. The molecule has 4 rings (SSSR count). The number of hydrogen-bond acceptors (Lipinski definition) is 4. The Morgan fingerprint density at radius 1 is 1.26 bits per heavy atom. The number of fused-ring (bicyclic) bond motifs is 1. The number of aromatic amines is 1. The maximum atomic E-state index is 13.0. The summed E-state index contributed by atoms with van der Waals surface area (Å²) in [6.45, 7) is 0.835. The highest BCUT2D eigenvalue weighted by molar-refractivity contribution is 6.30. The lowest BCUT2D eigenvalue weighted by molar-refractivity contribution is 0.0677. The maximum absolute atomic E-state index is 13.0. The van der Waals surface area contributed by atoms with Crippen LogP contribution in [0, 0.1) is 0 Å². The molecular weight excluding hydrogens is 366 g/mol. The van der Waals surface area contributed by atoms with Gasteiger partial charge in [0, 0.05) is 29.8 Å². The fraction of sp³-hybridized carbons (Fsp3) is 0.200. The SMILES string of the molecule is COCCN1C(=O)c2[nH]nc(-c3ccccc3O)c2[C@@H]1c1cccc(Cl)c1. The molecule has 27 heavy (non-hydrogen) atoms. The van der Waals surface area contributed by atoms with Gasteiger partial charge in [-0.3, -0.25) is 9.89 Å². The number of phenols is 1. The molecule has 2 aromatic carbocycles. The second kappa shape index (κ2) is 7.06. The van der Waals surface area contributed by atoms with Crippen LogP contribution in [0.2, 0.25) is 5.02 Å². The highest BCUT2D eigenvalue weighted by atomic mass is 35.5. The van der Waals surface area contributed by atoms with Gasteiger partial charge in [-0.15, -0.1) is 0 Å². The normalized spacial score (nSPS) is 16.0. The molecule has 7 heteroatoms. The first-order valence-corrected chi connectivity index (χ1v) is 8.91. The van der Waals surface area contributed by atoms with E-state index in [1.165, 1.54) is 0 Å². The Labute approximate surface area is 161 Å². The summed E-state index contributed by atoms with van der Waals surface area (Å²) in [5.41, 5.74) is 3.17. The summed E-state index contributed by atoms with van der Waals surface area (Å²) in [5, 5.41) is 18.1. The van der Waals surface area contributed by atoms with E-state index in [4.69, 9.17) is 16.3 Å². The molecule has 0 spiro atoms. The molecule has 1 aromatic heterocycles. The summed E-state index contributed by atoms with van der Waals surface area (Å²) in [6, 6.07) is 14.0. The van der Waals surface area contributed by atoms with Crippen LogP contribution in [0.1, 0.15) is 27.7 Å². The molecule has 0 bridgehead atoms. The number of nitrogens with zero attached hydrogens (tertiary/aromatic N) is 2. The number of aromatic hydroxyl groups is 1. The van der Waals surface area contributed by atoms with Crippen LogP contribution in [0.5, 0.6) is 5.75 Å². The summed E-state index contributed by atoms with van der Waals surface area (Å²) in [6.07, 6.45) is 0. The van der Waals surface area contributed by atoms with E-state index in [1.807, 2.05) is 24.3 Å². The van der Waals surface area contributed by atoms with Crippen molar-refractivity contribution in [3.63, 3.8) is 0 Å². The van der Waals surface area contributed by atoms with Gasteiger partial charge < -0.3 is 14.7 Å². The van der Waals surface area contributed by atoms with Gasteiger partial charge in [-0.2, -0.15) is 5.10 Å². The topological polar surface area (TPSA) is 78.5 Å². The third-order valence-corrected chi connectivity index (χ3v) is 4.96. The Morgan fingerprint density at radius 3 is 2.81 bits per heavy atom. The molecule has 2 N–H and O–H groups in total. The van der Waals surface area contributed by atoms with Crippen LogP contribution in [-0.2, 0) is 4.74 Å². The minimum Gasteiger partial charge on any atom is -0.507 e. The maximum Gasteiger partial charge on any atom is 0.273 e. The quantitative estimate of drug-likeness (QED) is 0.705. The number of benzene rings is 2. The number of aromatic nitrogens is 2. The minimum atomic E-state index is -0.366. The van der Waals surface area contributed by atoms with Gasteiger partial charge in [0.1, 0.15) is 17.1 Å². The van der Waals surface area contributed by atoms with Crippen LogP contribution >= 0.6 is 11.6 Å². The standard InChI is InChI=1S/C20H18ClN3O3/c1-27-10-9-24-19(12-5-4-6-13(21)11-12)16-17(22-23-18(16)20(24)26)14-7-2-3-8-15(14)25/h2-8,11,19,25H,9-10H2,1H3,(H,22,23)/t19-/m0/s1. The first kappa shape index (κ1) is 17.6. The van der Waals surface area contributed by atoms with Crippen LogP contribution in [0.3, 0.4) is 0 Å². The molecule has 1 aliphatic heterocycles. The van der Waals surface area contributed by atoms with Crippen molar-refractivity contribution in [3.05, 3.63) is 70.4 Å². The average molecular weight is 384 g/mol. The molecule has 2 heterocycles. The monoisotopic (exact) mass is 383 g/mol. The van der Waals surface area contributed by atoms with E-state index in [9.17, 15) is 9.90 Å². The van der Waals surface area contributed by atoms with Crippen molar-refractivity contribution in [3.8, 4) is 17.0 Å². The zero-order chi connectivity index (χ0) is 19.0. The molecule has 3 aromatic rings. The van der Waals surface area contributed by atoms with Crippen LogP contribution in [0.25, 0.3) is 11.3 Å². The Bertz CT molecular complexity index is 1000. The second-order valence-corrected chi connectivity index (χ2v) is 6.76. The molecule has 138 valence electrons. The van der Waals surface area contributed by atoms with Crippen molar-refractivity contribution < 1.29 is 14.6 Å². The number of carbonyl (C=O) groups is 1. The van der Waals surface area contributed by atoms with E-state index in [2.05, 4.69) is 10.2 Å². The van der Waals surface area contributed by atoms with Crippen molar-refractivity contribution >= 4 is 17.5 Å². The number of methoxy groups -OCH3 is 1. The second-order valence-electron chi connectivity index (χ2n) is 6.33. The van der Waals surface area contributed by atoms with Crippen LogP contribution in [-0.4, -0.2) is 46.4 Å². The molecular formula is C20H18ClN3O3. The number of rotatable bonds is 5. The van der Waals surface area contributed by atoms with E-state index >= 15 is 0 Å². The fourth-order valence-corrected chi connectivity index (χ4v) is 3.72. The number of carbonyl (C=O) groups excluding carboxylic acids is 1. The molecule has 0 radical (unpaired) electrons. The predicted molar refractivity (Wildman–Crippen MR) is 102 cm³/mol. The first-order chi connectivity index (χ1) is 13.1. The van der Waals surface area contributed by atoms with Crippen LogP contribution in [0.4, 0.5) is 0 Å². The van der Waals surface area contributed by atoms with E-state index in [0.29, 0.717) is 35.1 Å². The van der Waals surface area contributed by atoms with Crippen molar-refractivity contribution in [2.24, 2.45) is 0 Å². The number of hydrogen-bond donors (Lipinski definition) is 2. The summed E-state index contributed by atoms with van der Waals surface area (Å²) < 4.78 is 5.18. The Balaban J connectivity index is 1.89. The molecule has 0 saturated heterocycles. The van der Waals surface area contributed by atoms with Crippen LogP contribution in [0.15, 0.2) is 48.5 Å². The van der Waals surface area contributed by atoms with Crippen molar-refractivity contribution in [1.29, 1.82) is 0 Å². The summed E-state index contributed by atoms with van der Waals surface area (Å²) >= 11 is 6.20. The Morgan fingerprint density at radius 2 is 2.07 bits per heavy atom. The summed E-state index contributed by atoms with van der Waals surface area (Å²) in [7, 11) is 1.60. The molecule has 0 unspecified atom stereocenters. The molecule has 1 aliphatic rings. The summed E-state index contributed by atoms with van der Waals surface area (Å²) in [5.74, 6) is -0.0411. The van der Waals surface area contributed by atoms with Gasteiger partial charge in [-0.25, -0.2) is 0 Å². The van der Waals surface area contributed by atoms with E-state index in [1.54, 1.807) is 36.3 Å². The molecule has 0 fully saturated rings. The smallest absolute Gasteiger partial charge is 0.273 e. The van der Waals surface area contributed by atoms with Crippen molar-refractivity contribution in [2.75, 3.05) is 20.3 Å². The number of H-pyrrole nitrogens is 1. The van der Waals surface area contributed by atoms with Crippen molar-refractivity contribution in [2.45, 2.75) is 6.04 Å². The van der Waals surface area contributed by atoms with E-state index < -0.39 is 0 Å². The summed E-state index contributed by atoms with van der Waals surface area (Å²) in [4.78, 5) is 14.7. The number of amides is 1. The lowest BCUT2D eigenvalue weighted by Crippen LogP contribution is -2.32. The zero-order valence-corrected chi connectivity index (χ0v) is 15.4. The van der Waals surface area contributed by atoms with Gasteiger partial charge in [-0.05, 0) is 29.8 Å². The highest BCUT2D eigenvalue weighted by Crippen LogP contribution is 2.44. The lowest BCUT2D eigenvalue weighted by Gasteiger charge is -2.26. The third-order valence-electron chi connectivity index (χ3n) is 4.72. The molecule has 0 aliphatic carbocycles. The number of phenolic OH excluding ortho intramolecular Hbond substituents is 1. The lowest BCUT2D eigenvalue weighted by atomic mass is 9.96. The van der Waals surface area contributed by atoms with E-state index in [0.717, 1.165) is 11.1 Å². The van der Waals surface area contributed by atoms with Crippen LogP contribution < -0.4 is 0 Å². The van der Waals surface area contributed by atoms with Gasteiger partial charge in [0.15, 0.2) is 0 Å². The largest absolute Gasteiger partial charge is 0.507 e. The molecule has 0 saturated carbocycles. The van der Waals surface area contributed by atoms with Gasteiger partial charge in [0.05, 0.1) is 12.6 Å². The minimum absolute atomic E-state index is 0.111. The van der Waals surface area contributed by atoms with Crippen molar-refractivity contribution in [1.82, 2.24) is 15.1 Å². The number of nitrogens with one attached hydrogen (secondary N) is 1. The van der Waals surface area contributed by atoms with Gasteiger partial charge in [-0.1, -0.05) is 35.9 Å². The van der Waals surface area contributed by atoms with Gasteiger partial charge in [0.2, 0.25) is 0 Å². The molecule has 1 atom stereocenters. The number of para-hydroxylation sites is 1. The zero-order valence-electron chi connectivity index (χ0n) is 14.6. The van der Waals surface area contributed by atoms with E-state index in [-0.39, 0.29) is 17.7 Å². The number of halogens is 1. The average Bonchev–Trinajstić information content (AvgIpc) is 3.20. The van der Waals surface area contributed by atoms with Gasteiger partial charge in [0.25, 0.3) is 5.91 Å². The third kappa shape index (κ3) is 2.97. The fourth-order valence-electron chi connectivity index (χ4n) is 3.52. The molecule has 6 nitrogen and oxygen atoms in total. The van der Waals surface area contributed by atoms with Gasteiger partial charge >= 0.3 is 0 Å².